The first kappa shape index (κ1) is 27.1. The van der Waals surface area contributed by atoms with E-state index in [1.807, 2.05) is 0 Å². The number of fused-ring (bicyclic) bond motifs is 2. The van der Waals surface area contributed by atoms with Crippen LogP contribution >= 0.6 is 11.8 Å². The number of benzene rings is 3. The number of halogens is 5. The van der Waals surface area contributed by atoms with E-state index < -0.39 is 47.0 Å². The van der Waals surface area contributed by atoms with E-state index in [1.54, 1.807) is 30.3 Å². The molecule has 3 heterocycles. The number of Topliss-reactive ketones (excluding diaryl/α,β-unsaturated/α-hetero) is 1. The van der Waals surface area contributed by atoms with E-state index in [0.717, 1.165) is 30.0 Å². The minimum atomic E-state index is -4.84. The topological polar surface area (TPSA) is 57.5 Å². The summed E-state index contributed by atoms with van der Waals surface area (Å²) < 4.78 is 84.0. The molecule has 0 radical (unpaired) electrons. The first-order chi connectivity index (χ1) is 19.6. The highest BCUT2D eigenvalue weighted by molar-refractivity contribution is 7.99. The number of hydrogen-bond acceptors (Lipinski definition) is 5. The van der Waals surface area contributed by atoms with Gasteiger partial charge in [-0.3, -0.25) is 14.2 Å². The van der Waals surface area contributed by atoms with Crippen LogP contribution in [0.1, 0.15) is 38.7 Å². The Hall–Kier alpha value is -4.12. The van der Waals surface area contributed by atoms with Crippen molar-refractivity contribution in [2.45, 2.75) is 30.6 Å². The van der Waals surface area contributed by atoms with Gasteiger partial charge in [0.05, 0.1) is 16.2 Å². The molecule has 5 nitrogen and oxygen atoms in total. The van der Waals surface area contributed by atoms with Crippen LogP contribution in [0.4, 0.5) is 22.0 Å². The van der Waals surface area contributed by atoms with Gasteiger partial charge in [0, 0.05) is 28.9 Å². The monoisotopic (exact) mass is 585 g/mol. The van der Waals surface area contributed by atoms with Crippen LogP contribution in [-0.2, 0) is 12.6 Å². The number of alkyl halides is 3. The fraction of sp³-hybridized carbons (Fsp3) is 0.200. The fourth-order valence-corrected chi connectivity index (χ4v) is 6.69. The van der Waals surface area contributed by atoms with Crippen molar-refractivity contribution in [3.63, 3.8) is 0 Å². The van der Waals surface area contributed by atoms with Crippen molar-refractivity contribution < 1.29 is 36.2 Å². The molecule has 0 aliphatic carbocycles. The zero-order chi connectivity index (χ0) is 29.1. The van der Waals surface area contributed by atoms with Crippen LogP contribution in [0.25, 0.3) is 11.1 Å². The molecule has 0 saturated carbocycles. The number of carbonyl (C=O) groups is 1. The normalized spacial score (nSPS) is 15.7. The summed E-state index contributed by atoms with van der Waals surface area (Å²) in [6.45, 7) is 1.26. The number of ether oxygens (including phenoxy) is 2. The average Bonchev–Trinajstić information content (AvgIpc) is 3.61. The third-order valence-electron chi connectivity index (χ3n) is 7.31. The van der Waals surface area contributed by atoms with Crippen LogP contribution in [0.5, 0.6) is 11.5 Å². The van der Waals surface area contributed by atoms with E-state index in [1.165, 1.54) is 23.6 Å². The smallest absolute Gasteiger partial charge is 0.416 e. The number of rotatable bonds is 5. The van der Waals surface area contributed by atoms with Crippen molar-refractivity contribution in [3.05, 3.63) is 110 Å². The lowest BCUT2D eigenvalue weighted by Gasteiger charge is -2.21. The van der Waals surface area contributed by atoms with Gasteiger partial charge < -0.3 is 9.47 Å². The summed E-state index contributed by atoms with van der Waals surface area (Å²) >= 11 is 1.12. The van der Waals surface area contributed by atoms with Gasteiger partial charge in [0.15, 0.2) is 17.3 Å². The second kappa shape index (κ2) is 10.1. The summed E-state index contributed by atoms with van der Waals surface area (Å²) in [6.07, 6.45) is -5.38. The number of hydrogen-bond donors (Lipinski definition) is 0. The van der Waals surface area contributed by atoms with E-state index in [4.69, 9.17) is 9.47 Å². The Kier molecular flexibility index (Phi) is 6.64. The highest BCUT2D eigenvalue weighted by Crippen LogP contribution is 2.44. The third-order valence-corrected chi connectivity index (χ3v) is 8.51. The Morgan fingerprint density at radius 3 is 2.49 bits per heavy atom. The zero-order valence-corrected chi connectivity index (χ0v) is 22.2. The van der Waals surface area contributed by atoms with Crippen LogP contribution in [0.3, 0.4) is 0 Å². The number of aromatic nitrogens is 1. The number of nitrogens with zero attached hydrogens (tertiary/aromatic N) is 1. The summed E-state index contributed by atoms with van der Waals surface area (Å²) in [5, 5.41) is 0.239. The second-order valence-electron chi connectivity index (χ2n) is 9.62. The Bertz CT molecular complexity index is 1770. The molecule has 11 heteroatoms. The van der Waals surface area contributed by atoms with Gasteiger partial charge in [-0.05, 0) is 42.3 Å². The van der Waals surface area contributed by atoms with Crippen molar-refractivity contribution in [3.8, 4) is 22.6 Å². The van der Waals surface area contributed by atoms with Gasteiger partial charge in [-0.2, -0.15) is 13.2 Å². The average molecular weight is 586 g/mol. The van der Waals surface area contributed by atoms with Crippen molar-refractivity contribution in [2.24, 2.45) is 0 Å². The molecule has 0 bridgehead atoms. The van der Waals surface area contributed by atoms with Gasteiger partial charge in [0.1, 0.15) is 11.9 Å². The zero-order valence-electron chi connectivity index (χ0n) is 21.4. The maximum atomic E-state index is 15.7. The quantitative estimate of drug-likeness (QED) is 0.187. The molecule has 41 heavy (non-hydrogen) atoms. The van der Waals surface area contributed by atoms with Gasteiger partial charge >= 0.3 is 6.18 Å². The Morgan fingerprint density at radius 2 is 1.76 bits per heavy atom. The SMILES string of the molecule is Cc1c(Cc2c(F)cccc2C(F)(F)F)c2n(c(=O)c1-c1ccc3c(c1F)OCO3)C(C(=O)c1ccccc1)CS2. The minimum Gasteiger partial charge on any atom is -0.453 e. The molecule has 6 rings (SSSR count). The number of pyridine rings is 1. The Balaban J connectivity index is 1.61. The molecule has 210 valence electrons. The molecular weight excluding hydrogens is 565 g/mol. The third kappa shape index (κ3) is 4.48. The number of carbonyl (C=O) groups excluding carboxylic acids is 1. The first-order valence-electron chi connectivity index (χ1n) is 12.5. The predicted octanol–water partition coefficient (Wildman–Crippen LogP) is 6.97. The van der Waals surface area contributed by atoms with Gasteiger partial charge in [0.2, 0.25) is 12.5 Å². The highest BCUT2D eigenvalue weighted by Gasteiger charge is 2.38. The van der Waals surface area contributed by atoms with E-state index in [0.29, 0.717) is 5.56 Å². The lowest BCUT2D eigenvalue weighted by Crippen LogP contribution is -2.31. The van der Waals surface area contributed by atoms with Crippen LogP contribution in [0.15, 0.2) is 70.5 Å². The molecule has 3 aromatic carbocycles. The molecular formula is C30H20F5NO4S. The Morgan fingerprint density at radius 1 is 1.00 bits per heavy atom. The molecule has 0 spiro atoms. The largest absolute Gasteiger partial charge is 0.453 e. The van der Waals surface area contributed by atoms with Crippen LogP contribution < -0.4 is 15.0 Å². The predicted molar refractivity (Wildman–Crippen MR) is 142 cm³/mol. The lowest BCUT2D eigenvalue weighted by molar-refractivity contribution is -0.138. The van der Waals surface area contributed by atoms with Crippen molar-refractivity contribution >= 4 is 17.5 Å². The van der Waals surface area contributed by atoms with Crippen LogP contribution in [0.2, 0.25) is 0 Å². The van der Waals surface area contributed by atoms with Gasteiger partial charge in [-0.1, -0.05) is 36.4 Å². The molecule has 1 aromatic heterocycles. The van der Waals surface area contributed by atoms with Crippen molar-refractivity contribution in [1.82, 2.24) is 4.57 Å². The second-order valence-corrected chi connectivity index (χ2v) is 10.6. The lowest BCUT2D eigenvalue weighted by atomic mass is 9.92. The minimum absolute atomic E-state index is 0.117. The van der Waals surface area contributed by atoms with Gasteiger partial charge in [-0.15, -0.1) is 11.8 Å². The summed E-state index contributed by atoms with van der Waals surface area (Å²) in [5.41, 5.74) is -2.07. The first-order valence-corrected chi connectivity index (χ1v) is 13.5. The standard InChI is InChI=1S/C30H20F5NO4S/c1-15-18(12-19-20(30(33,34)35)8-5-9-21(19)31)29-36(22(13-41-29)26(37)16-6-3-2-4-7-16)28(38)24(15)17-10-11-23-27(25(17)32)40-14-39-23/h2-11,22H,12-14H2,1H3. The number of thioether (sulfide) groups is 1. The van der Waals surface area contributed by atoms with Crippen LogP contribution in [-0.4, -0.2) is 22.9 Å². The van der Waals surface area contributed by atoms with E-state index in [-0.39, 0.29) is 57.1 Å². The Labute approximate surface area is 234 Å². The van der Waals surface area contributed by atoms with Crippen molar-refractivity contribution in [1.29, 1.82) is 0 Å². The maximum Gasteiger partial charge on any atom is 0.416 e. The molecule has 2 aliphatic rings. The van der Waals surface area contributed by atoms with E-state index in [2.05, 4.69) is 0 Å². The van der Waals surface area contributed by atoms with E-state index >= 15 is 4.39 Å². The molecule has 4 aromatic rings. The number of ketones is 1. The van der Waals surface area contributed by atoms with E-state index in [9.17, 15) is 27.2 Å². The summed E-state index contributed by atoms with van der Waals surface area (Å²) in [6, 6.07) is 12.7. The maximum absolute atomic E-state index is 15.7. The van der Waals surface area contributed by atoms with Gasteiger partial charge in [-0.25, -0.2) is 8.78 Å². The molecule has 1 unspecified atom stereocenters. The molecule has 0 saturated heterocycles. The summed E-state index contributed by atoms with van der Waals surface area (Å²) in [7, 11) is 0. The summed E-state index contributed by atoms with van der Waals surface area (Å²) in [5.74, 6) is -2.28. The molecule has 0 N–H and O–H groups in total. The van der Waals surface area contributed by atoms with Crippen molar-refractivity contribution in [2.75, 3.05) is 12.5 Å². The molecule has 2 aliphatic heterocycles. The van der Waals surface area contributed by atoms with Crippen LogP contribution in [0, 0.1) is 18.6 Å². The fourth-order valence-electron chi connectivity index (χ4n) is 5.33. The molecule has 0 amide bonds. The summed E-state index contributed by atoms with van der Waals surface area (Å²) in [4.78, 5) is 27.6. The molecule has 0 fully saturated rings. The molecule has 1 atom stereocenters. The highest BCUT2D eigenvalue weighted by atomic mass is 32.2. The van der Waals surface area contributed by atoms with Gasteiger partial charge in [0.25, 0.3) is 5.56 Å².